The quantitative estimate of drug-likeness (QED) is 0.625. The highest BCUT2D eigenvalue weighted by Gasteiger charge is 2.17. The summed E-state index contributed by atoms with van der Waals surface area (Å²) in [6.07, 6.45) is 0. The zero-order chi connectivity index (χ0) is 18.4. The first kappa shape index (κ1) is 19.0. The maximum absolute atomic E-state index is 5.43. The lowest BCUT2D eigenvalue weighted by Gasteiger charge is -2.24. The number of benzene rings is 1. The fourth-order valence-electron chi connectivity index (χ4n) is 2.51. The molecule has 1 aromatic heterocycles. The van der Waals surface area contributed by atoms with Crippen LogP contribution in [-0.4, -0.2) is 42.0 Å². The summed E-state index contributed by atoms with van der Waals surface area (Å²) < 4.78 is 7.41. The van der Waals surface area contributed by atoms with E-state index in [1.54, 1.807) is 14.2 Å². The number of rotatable bonds is 6. The van der Waals surface area contributed by atoms with Gasteiger partial charge in [0.05, 0.1) is 17.0 Å². The van der Waals surface area contributed by atoms with Gasteiger partial charge in [-0.25, -0.2) is 4.68 Å². The summed E-state index contributed by atoms with van der Waals surface area (Å²) in [5, 5.41) is 11.3. The topological polar surface area (TPSA) is 63.5 Å². The number of hydrogen-bond acceptors (Lipinski definition) is 3. The first-order valence-corrected chi connectivity index (χ1v) is 8.48. The van der Waals surface area contributed by atoms with E-state index in [4.69, 9.17) is 4.74 Å². The molecule has 0 aliphatic carbocycles. The van der Waals surface area contributed by atoms with Crippen LogP contribution in [0.4, 0.5) is 0 Å². The second-order valence-corrected chi connectivity index (χ2v) is 6.64. The van der Waals surface area contributed by atoms with E-state index in [1.165, 1.54) is 5.56 Å². The van der Waals surface area contributed by atoms with Crippen molar-refractivity contribution >= 4 is 5.96 Å². The van der Waals surface area contributed by atoms with Crippen molar-refractivity contribution in [3.63, 3.8) is 0 Å². The highest BCUT2D eigenvalue weighted by molar-refractivity contribution is 5.79. The molecule has 25 heavy (non-hydrogen) atoms. The van der Waals surface area contributed by atoms with Crippen LogP contribution in [0.3, 0.4) is 0 Å². The fourth-order valence-corrected chi connectivity index (χ4v) is 2.51. The number of nitrogens with zero attached hydrogens (tertiary/aromatic N) is 3. The SMILES string of the molecule is CN=C(NCc1c(C)nn(-c2ccccc2)c1C)NCC(C)(C)OC. The van der Waals surface area contributed by atoms with E-state index >= 15 is 0 Å². The number of ether oxygens (including phenoxy) is 1. The summed E-state index contributed by atoms with van der Waals surface area (Å²) in [7, 11) is 3.48. The van der Waals surface area contributed by atoms with Crippen LogP contribution in [0.15, 0.2) is 35.3 Å². The van der Waals surface area contributed by atoms with Gasteiger partial charge in [0, 0.05) is 38.5 Å². The Bertz CT molecular complexity index is 719. The van der Waals surface area contributed by atoms with Gasteiger partial charge in [-0.3, -0.25) is 4.99 Å². The third kappa shape index (κ3) is 4.82. The van der Waals surface area contributed by atoms with Crippen molar-refractivity contribution in [2.75, 3.05) is 20.7 Å². The van der Waals surface area contributed by atoms with E-state index in [0.29, 0.717) is 13.1 Å². The van der Waals surface area contributed by atoms with Gasteiger partial charge in [0.25, 0.3) is 0 Å². The summed E-state index contributed by atoms with van der Waals surface area (Å²) in [6, 6.07) is 10.2. The lowest BCUT2D eigenvalue weighted by molar-refractivity contribution is 0.0268. The number of aliphatic imine (C=N–C) groups is 1. The van der Waals surface area contributed by atoms with Gasteiger partial charge in [-0.05, 0) is 39.8 Å². The van der Waals surface area contributed by atoms with Crippen molar-refractivity contribution in [3.05, 3.63) is 47.3 Å². The minimum atomic E-state index is -0.248. The molecule has 6 nitrogen and oxygen atoms in total. The second-order valence-electron chi connectivity index (χ2n) is 6.64. The first-order chi connectivity index (χ1) is 11.9. The van der Waals surface area contributed by atoms with Crippen LogP contribution >= 0.6 is 0 Å². The van der Waals surface area contributed by atoms with E-state index in [2.05, 4.69) is 39.8 Å². The molecule has 0 amide bonds. The molecule has 2 rings (SSSR count). The Morgan fingerprint density at radius 3 is 2.48 bits per heavy atom. The molecule has 2 N–H and O–H groups in total. The molecular formula is C19H29N5O. The van der Waals surface area contributed by atoms with Crippen molar-refractivity contribution in [3.8, 4) is 5.69 Å². The van der Waals surface area contributed by atoms with Gasteiger partial charge in [-0.15, -0.1) is 0 Å². The highest BCUT2D eigenvalue weighted by Crippen LogP contribution is 2.17. The lowest BCUT2D eigenvalue weighted by Crippen LogP contribution is -2.45. The molecular weight excluding hydrogens is 314 g/mol. The molecule has 0 fully saturated rings. The molecule has 0 saturated heterocycles. The van der Waals surface area contributed by atoms with Crippen LogP contribution in [0, 0.1) is 13.8 Å². The Morgan fingerprint density at radius 2 is 1.88 bits per heavy atom. The van der Waals surface area contributed by atoms with E-state index in [0.717, 1.165) is 23.0 Å². The van der Waals surface area contributed by atoms with Crippen LogP contribution < -0.4 is 10.6 Å². The van der Waals surface area contributed by atoms with Gasteiger partial charge in [0.15, 0.2) is 5.96 Å². The number of aryl methyl sites for hydroxylation is 1. The first-order valence-electron chi connectivity index (χ1n) is 8.48. The number of hydrogen-bond donors (Lipinski definition) is 2. The third-order valence-electron chi connectivity index (χ3n) is 4.33. The van der Waals surface area contributed by atoms with Crippen molar-refractivity contribution in [2.24, 2.45) is 4.99 Å². The smallest absolute Gasteiger partial charge is 0.191 e. The Labute approximate surface area is 150 Å². The predicted octanol–water partition coefficient (Wildman–Crippen LogP) is 2.58. The second kappa shape index (κ2) is 8.16. The largest absolute Gasteiger partial charge is 0.377 e. The van der Waals surface area contributed by atoms with Crippen LogP contribution in [0.5, 0.6) is 0 Å². The third-order valence-corrected chi connectivity index (χ3v) is 4.33. The van der Waals surface area contributed by atoms with Crippen molar-refractivity contribution in [1.29, 1.82) is 0 Å². The molecule has 0 bridgehead atoms. The van der Waals surface area contributed by atoms with Crippen LogP contribution in [-0.2, 0) is 11.3 Å². The molecule has 2 aromatic rings. The number of nitrogens with one attached hydrogen (secondary N) is 2. The molecule has 0 saturated carbocycles. The maximum Gasteiger partial charge on any atom is 0.191 e. The minimum Gasteiger partial charge on any atom is -0.377 e. The number of methoxy groups -OCH3 is 1. The number of aromatic nitrogens is 2. The Morgan fingerprint density at radius 1 is 1.20 bits per heavy atom. The molecule has 0 aliphatic rings. The lowest BCUT2D eigenvalue weighted by atomic mass is 10.1. The summed E-state index contributed by atoms with van der Waals surface area (Å²) in [5.41, 5.74) is 4.14. The van der Waals surface area contributed by atoms with Gasteiger partial charge in [-0.1, -0.05) is 18.2 Å². The van der Waals surface area contributed by atoms with Crippen LogP contribution in [0.2, 0.25) is 0 Å². The molecule has 136 valence electrons. The minimum absolute atomic E-state index is 0.248. The molecule has 0 radical (unpaired) electrons. The van der Waals surface area contributed by atoms with E-state index in [-0.39, 0.29) is 5.60 Å². The molecule has 0 atom stereocenters. The maximum atomic E-state index is 5.43. The standard InChI is InChI=1S/C19H29N5O/c1-14-17(12-21-18(20-5)22-13-19(3,4)25-6)15(2)24(23-14)16-10-8-7-9-11-16/h7-11H,12-13H2,1-6H3,(H2,20,21,22). The average Bonchev–Trinajstić information content (AvgIpc) is 2.90. The zero-order valence-corrected chi connectivity index (χ0v) is 16.1. The van der Waals surface area contributed by atoms with E-state index in [9.17, 15) is 0 Å². The molecule has 0 spiro atoms. The molecule has 0 aliphatic heterocycles. The normalized spacial score (nSPS) is 12.3. The van der Waals surface area contributed by atoms with E-state index in [1.807, 2.05) is 43.7 Å². The van der Waals surface area contributed by atoms with Crippen molar-refractivity contribution < 1.29 is 4.74 Å². The monoisotopic (exact) mass is 343 g/mol. The molecule has 0 unspecified atom stereocenters. The van der Waals surface area contributed by atoms with Gasteiger partial charge in [0.2, 0.25) is 0 Å². The van der Waals surface area contributed by atoms with Gasteiger partial charge < -0.3 is 15.4 Å². The molecule has 1 aromatic carbocycles. The number of guanidine groups is 1. The number of para-hydroxylation sites is 1. The summed E-state index contributed by atoms with van der Waals surface area (Å²) in [4.78, 5) is 4.28. The Hall–Kier alpha value is -2.34. The summed E-state index contributed by atoms with van der Waals surface area (Å²) in [6.45, 7) is 9.53. The Kier molecular flexibility index (Phi) is 6.20. The van der Waals surface area contributed by atoms with Gasteiger partial charge in [-0.2, -0.15) is 5.10 Å². The Balaban J connectivity index is 2.07. The fraction of sp³-hybridized carbons (Fsp3) is 0.474. The predicted molar refractivity (Wildman–Crippen MR) is 102 cm³/mol. The molecule has 6 heteroatoms. The average molecular weight is 343 g/mol. The van der Waals surface area contributed by atoms with Crippen LogP contribution in [0.25, 0.3) is 5.69 Å². The molecule has 1 heterocycles. The zero-order valence-electron chi connectivity index (χ0n) is 16.1. The van der Waals surface area contributed by atoms with Gasteiger partial charge in [0.1, 0.15) is 0 Å². The van der Waals surface area contributed by atoms with E-state index < -0.39 is 0 Å². The van der Waals surface area contributed by atoms with Crippen molar-refractivity contribution in [2.45, 2.75) is 39.8 Å². The highest BCUT2D eigenvalue weighted by atomic mass is 16.5. The summed E-state index contributed by atoms with van der Waals surface area (Å²) >= 11 is 0. The van der Waals surface area contributed by atoms with Gasteiger partial charge >= 0.3 is 0 Å². The van der Waals surface area contributed by atoms with Crippen molar-refractivity contribution in [1.82, 2.24) is 20.4 Å². The summed E-state index contributed by atoms with van der Waals surface area (Å²) in [5.74, 6) is 0.747. The van der Waals surface area contributed by atoms with Crippen LogP contribution in [0.1, 0.15) is 30.8 Å².